The van der Waals surface area contributed by atoms with Gasteiger partial charge < -0.3 is 10.7 Å². The number of aromatic nitrogens is 5. The van der Waals surface area contributed by atoms with Gasteiger partial charge in [0.25, 0.3) is 0 Å². The number of fused-ring (bicyclic) bond motifs is 3. The van der Waals surface area contributed by atoms with Crippen molar-refractivity contribution >= 4 is 43.3 Å². The van der Waals surface area contributed by atoms with Gasteiger partial charge in [-0.15, -0.1) is 0 Å². The van der Waals surface area contributed by atoms with Gasteiger partial charge in [0.05, 0.1) is 11.2 Å². The average Bonchev–Trinajstić information content (AvgIpc) is 3.38. The monoisotopic (exact) mass is 409 g/mol. The second-order valence-electron chi connectivity index (χ2n) is 7.66. The molecule has 1 atom stereocenters. The number of nitrogens with one attached hydrogen (secondary N) is 1. The number of nitrogen functional groups attached to an aromatic ring is 1. The highest BCUT2D eigenvalue weighted by molar-refractivity contribution is 7.97. The summed E-state index contributed by atoms with van der Waals surface area (Å²) in [6.07, 6.45) is 7.10. The zero-order valence-corrected chi connectivity index (χ0v) is 17.0. The SMILES string of the molecule is C=S(C)(=O)N1CCC(c2nc3c([nH]2)c(N)nc2cc(-n4cccn4)ccc23)CC1. The van der Waals surface area contributed by atoms with Crippen LogP contribution in [0.3, 0.4) is 0 Å². The van der Waals surface area contributed by atoms with Gasteiger partial charge in [0, 0.05) is 52.8 Å². The van der Waals surface area contributed by atoms with E-state index in [1.807, 2.05) is 34.8 Å². The van der Waals surface area contributed by atoms with Gasteiger partial charge in [-0.1, -0.05) is 0 Å². The van der Waals surface area contributed by atoms with E-state index in [1.165, 1.54) is 0 Å². The van der Waals surface area contributed by atoms with Crippen molar-refractivity contribution in [1.29, 1.82) is 0 Å². The molecule has 3 N–H and O–H groups in total. The molecule has 1 aliphatic heterocycles. The van der Waals surface area contributed by atoms with Crippen molar-refractivity contribution in [2.24, 2.45) is 0 Å². The lowest BCUT2D eigenvalue weighted by Crippen LogP contribution is -2.37. The Balaban J connectivity index is 1.53. The molecule has 1 aliphatic rings. The van der Waals surface area contributed by atoms with Gasteiger partial charge in [0.1, 0.15) is 22.7 Å². The van der Waals surface area contributed by atoms with E-state index in [-0.39, 0.29) is 5.92 Å². The standard InChI is InChI=1S/C20H23N7OS/c1-29(2,28)26-10-6-13(7-11-26)20-24-17-15-5-4-14(27-9-3-8-22-27)12-16(15)23-19(21)18(17)25-20/h3-5,8-9,12-13H,1,6-7,10-11H2,2H3,(H2,21,23)(H,24,25). The van der Waals surface area contributed by atoms with Gasteiger partial charge in [-0.2, -0.15) is 5.10 Å². The molecule has 0 spiro atoms. The molecule has 150 valence electrons. The Hall–Kier alpha value is -2.91. The van der Waals surface area contributed by atoms with Gasteiger partial charge in [-0.25, -0.2) is 19.0 Å². The van der Waals surface area contributed by atoms with E-state index in [9.17, 15) is 4.21 Å². The molecule has 0 aliphatic carbocycles. The number of nitrogens with zero attached hydrogens (tertiary/aromatic N) is 5. The smallest absolute Gasteiger partial charge is 0.150 e. The van der Waals surface area contributed by atoms with Crippen molar-refractivity contribution in [1.82, 2.24) is 29.0 Å². The van der Waals surface area contributed by atoms with Crippen molar-refractivity contribution in [2.75, 3.05) is 25.1 Å². The van der Waals surface area contributed by atoms with E-state index in [0.717, 1.165) is 59.4 Å². The number of anilines is 1. The highest BCUT2D eigenvalue weighted by atomic mass is 32.2. The quantitative estimate of drug-likeness (QED) is 0.505. The number of hydrogen-bond acceptors (Lipinski definition) is 5. The summed E-state index contributed by atoms with van der Waals surface area (Å²) in [4.78, 5) is 12.9. The molecule has 3 aromatic heterocycles. The van der Waals surface area contributed by atoms with Crippen molar-refractivity contribution in [3.05, 3.63) is 42.5 Å². The third-order valence-electron chi connectivity index (χ3n) is 5.61. The zero-order valence-electron chi connectivity index (χ0n) is 16.2. The third kappa shape index (κ3) is 3.16. The van der Waals surface area contributed by atoms with Crippen LogP contribution in [0.4, 0.5) is 5.82 Å². The first-order valence-electron chi connectivity index (χ1n) is 9.56. The molecular formula is C20H23N7OS. The van der Waals surface area contributed by atoms with Crippen molar-refractivity contribution < 1.29 is 4.21 Å². The molecular weight excluding hydrogens is 386 g/mol. The number of aromatic amines is 1. The molecule has 5 rings (SSSR count). The first kappa shape index (κ1) is 18.1. The molecule has 0 amide bonds. The number of benzene rings is 1. The maximum absolute atomic E-state index is 12.2. The second kappa shape index (κ2) is 6.57. The lowest BCUT2D eigenvalue weighted by Gasteiger charge is -2.31. The van der Waals surface area contributed by atoms with Crippen LogP contribution in [-0.2, 0) is 9.71 Å². The van der Waals surface area contributed by atoms with Crippen molar-refractivity contribution in [3.8, 4) is 5.69 Å². The number of nitrogens with two attached hydrogens (primary N) is 1. The lowest BCUT2D eigenvalue weighted by molar-refractivity contribution is 0.328. The van der Waals surface area contributed by atoms with E-state index in [2.05, 4.69) is 20.9 Å². The number of piperidine rings is 1. The van der Waals surface area contributed by atoms with E-state index >= 15 is 0 Å². The van der Waals surface area contributed by atoms with Gasteiger partial charge in [-0.3, -0.25) is 4.21 Å². The fourth-order valence-electron chi connectivity index (χ4n) is 4.04. The molecule has 0 bridgehead atoms. The van der Waals surface area contributed by atoms with Gasteiger partial charge in [-0.05, 0) is 43.0 Å². The van der Waals surface area contributed by atoms with Crippen LogP contribution in [0.5, 0.6) is 0 Å². The molecule has 1 fully saturated rings. The fourth-order valence-corrected chi connectivity index (χ4v) is 5.03. The highest BCUT2D eigenvalue weighted by Gasteiger charge is 2.26. The number of imidazole rings is 1. The summed E-state index contributed by atoms with van der Waals surface area (Å²) in [7, 11) is -2.15. The number of pyridine rings is 1. The summed E-state index contributed by atoms with van der Waals surface area (Å²) < 4.78 is 15.9. The Morgan fingerprint density at radius 3 is 2.76 bits per heavy atom. The molecule has 0 saturated carbocycles. The Labute approximate surface area is 168 Å². The molecule has 0 radical (unpaired) electrons. The molecule has 9 heteroatoms. The summed E-state index contributed by atoms with van der Waals surface area (Å²) in [5.41, 5.74) is 9.59. The number of rotatable bonds is 3. The van der Waals surface area contributed by atoms with Gasteiger partial charge in [0.15, 0.2) is 0 Å². The first-order chi connectivity index (χ1) is 13.9. The maximum Gasteiger partial charge on any atom is 0.150 e. The summed E-state index contributed by atoms with van der Waals surface area (Å²) in [5, 5.41) is 5.23. The Bertz CT molecular complexity index is 1300. The average molecular weight is 410 g/mol. The molecule has 4 heterocycles. The molecule has 8 nitrogen and oxygen atoms in total. The second-order valence-corrected chi connectivity index (χ2v) is 10.1. The third-order valence-corrected chi connectivity index (χ3v) is 7.07. The largest absolute Gasteiger partial charge is 0.382 e. The molecule has 4 aromatic rings. The maximum atomic E-state index is 12.2. The minimum absolute atomic E-state index is 0.276. The normalized spacial score (nSPS) is 18.4. The van der Waals surface area contributed by atoms with E-state index in [0.29, 0.717) is 5.82 Å². The van der Waals surface area contributed by atoms with Crippen LogP contribution >= 0.6 is 0 Å². The topological polar surface area (TPSA) is 106 Å². The van der Waals surface area contributed by atoms with Crippen LogP contribution in [0, 0.1) is 0 Å². The van der Waals surface area contributed by atoms with Crippen molar-refractivity contribution in [3.63, 3.8) is 0 Å². The molecule has 1 saturated heterocycles. The fraction of sp³-hybridized carbons (Fsp3) is 0.300. The van der Waals surface area contributed by atoms with Crippen LogP contribution in [-0.4, -0.2) is 58.5 Å². The van der Waals surface area contributed by atoms with Crippen molar-refractivity contribution in [2.45, 2.75) is 18.8 Å². The first-order valence-corrected chi connectivity index (χ1v) is 11.7. The van der Waals surface area contributed by atoms with Crippen LogP contribution in [0.2, 0.25) is 0 Å². The Morgan fingerprint density at radius 1 is 1.28 bits per heavy atom. The molecule has 29 heavy (non-hydrogen) atoms. The number of hydrogen-bond donors (Lipinski definition) is 2. The molecule has 1 aromatic carbocycles. The predicted octanol–water partition coefficient (Wildman–Crippen LogP) is 2.32. The highest BCUT2D eigenvalue weighted by Crippen LogP contribution is 2.32. The van der Waals surface area contributed by atoms with Crippen LogP contribution in [0.25, 0.3) is 27.6 Å². The molecule has 1 unspecified atom stereocenters. The van der Waals surface area contributed by atoms with E-state index < -0.39 is 9.71 Å². The van der Waals surface area contributed by atoms with E-state index in [1.54, 1.807) is 17.1 Å². The van der Waals surface area contributed by atoms with Crippen LogP contribution in [0.15, 0.2) is 36.7 Å². The van der Waals surface area contributed by atoms with Gasteiger partial charge >= 0.3 is 0 Å². The summed E-state index contributed by atoms with van der Waals surface area (Å²) in [5.74, 6) is 5.43. The minimum Gasteiger partial charge on any atom is -0.382 e. The number of H-pyrrole nitrogens is 1. The van der Waals surface area contributed by atoms with Gasteiger partial charge in [0.2, 0.25) is 0 Å². The van der Waals surface area contributed by atoms with E-state index in [4.69, 9.17) is 10.7 Å². The zero-order chi connectivity index (χ0) is 20.2. The lowest BCUT2D eigenvalue weighted by atomic mass is 9.97. The Morgan fingerprint density at radius 2 is 2.07 bits per heavy atom. The minimum atomic E-state index is -2.15. The predicted molar refractivity (Wildman–Crippen MR) is 118 cm³/mol. The Kier molecular flexibility index (Phi) is 4.11. The summed E-state index contributed by atoms with van der Waals surface area (Å²) >= 11 is 0. The summed E-state index contributed by atoms with van der Waals surface area (Å²) in [6, 6.07) is 7.87. The summed E-state index contributed by atoms with van der Waals surface area (Å²) in [6.45, 7) is 1.50. The van der Waals surface area contributed by atoms with Crippen LogP contribution < -0.4 is 5.73 Å². The van der Waals surface area contributed by atoms with Crippen LogP contribution in [0.1, 0.15) is 24.6 Å².